The maximum Gasteiger partial charge on any atom is 0.332 e. The van der Waals surface area contributed by atoms with E-state index in [2.05, 4.69) is 15.4 Å². The van der Waals surface area contributed by atoms with Crippen LogP contribution in [0.4, 0.5) is 5.69 Å². The summed E-state index contributed by atoms with van der Waals surface area (Å²) in [7, 11) is 1.20. The van der Waals surface area contributed by atoms with Crippen LogP contribution in [0.1, 0.15) is 10.4 Å². The van der Waals surface area contributed by atoms with E-state index < -0.39 is 17.8 Å². The number of carbonyl (C=O) groups is 3. The van der Waals surface area contributed by atoms with Crippen molar-refractivity contribution in [2.24, 2.45) is 0 Å². The van der Waals surface area contributed by atoms with E-state index in [1.807, 2.05) is 0 Å². The van der Waals surface area contributed by atoms with Gasteiger partial charge in [0.05, 0.1) is 24.4 Å². The van der Waals surface area contributed by atoms with Crippen molar-refractivity contribution in [3.63, 3.8) is 0 Å². The molecule has 6 heteroatoms. The SMILES string of the molecule is COC(=O)/C=C1/Nc2ccccc2C(=O)NC1=O. The van der Waals surface area contributed by atoms with Gasteiger partial charge in [0.25, 0.3) is 11.8 Å². The summed E-state index contributed by atoms with van der Waals surface area (Å²) in [4.78, 5) is 34.5. The predicted octanol–water partition coefficient (Wildman–Crippen LogP) is 0.425. The Morgan fingerprint density at radius 2 is 1.89 bits per heavy atom. The Hall–Kier alpha value is -2.63. The number of nitrogens with one attached hydrogen (secondary N) is 2. The summed E-state index contributed by atoms with van der Waals surface area (Å²) >= 11 is 0. The van der Waals surface area contributed by atoms with Gasteiger partial charge in [-0.25, -0.2) is 4.79 Å². The third-order valence-electron chi connectivity index (χ3n) is 2.38. The third kappa shape index (κ3) is 2.22. The number of anilines is 1. The Bertz CT molecular complexity index is 563. The van der Waals surface area contributed by atoms with Gasteiger partial charge in [0.15, 0.2) is 0 Å². The minimum Gasteiger partial charge on any atom is -0.466 e. The van der Waals surface area contributed by atoms with Gasteiger partial charge < -0.3 is 10.1 Å². The van der Waals surface area contributed by atoms with Gasteiger partial charge in [-0.05, 0) is 12.1 Å². The summed E-state index contributed by atoms with van der Waals surface area (Å²) in [5.74, 6) is -1.88. The van der Waals surface area contributed by atoms with Crippen LogP contribution in [0.25, 0.3) is 0 Å². The average Bonchev–Trinajstić information content (AvgIpc) is 2.48. The molecule has 0 fully saturated rings. The van der Waals surface area contributed by atoms with E-state index in [0.717, 1.165) is 6.08 Å². The summed E-state index contributed by atoms with van der Waals surface area (Å²) in [5, 5.41) is 4.89. The molecule has 2 amide bonds. The van der Waals surface area contributed by atoms with E-state index in [0.29, 0.717) is 11.3 Å². The van der Waals surface area contributed by atoms with E-state index in [4.69, 9.17) is 0 Å². The predicted molar refractivity (Wildman–Crippen MR) is 62.6 cm³/mol. The van der Waals surface area contributed by atoms with Gasteiger partial charge in [-0.1, -0.05) is 12.1 Å². The van der Waals surface area contributed by atoms with Crippen LogP contribution in [0, 0.1) is 0 Å². The molecule has 1 aliphatic heterocycles. The zero-order chi connectivity index (χ0) is 13.1. The molecule has 0 radical (unpaired) electrons. The number of hydrogen-bond donors (Lipinski definition) is 2. The Labute approximate surface area is 103 Å². The molecule has 6 nitrogen and oxygen atoms in total. The lowest BCUT2D eigenvalue weighted by atomic mass is 10.1. The Kier molecular flexibility index (Phi) is 3.09. The van der Waals surface area contributed by atoms with Gasteiger partial charge in [-0.2, -0.15) is 0 Å². The molecule has 18 heavy (non-hydrogen) atoms. The third-order valence-corrected chi connectivity index (χ3v) is 2.38. The van der Waals surface area contributed by atoms with E-state index in [1.54, 1.807) is 24.3 Å². The molecule has 1 aliphatic rings. The molecule has 0 spiro atoms. The van der Waals surface area contributed by atoms with Crippen molar-refractivity contribution in [3.8, 4) is 0 Å². The number of imide groups is 1. The first-order valence-corrected chi connectivity index (χ1v) is 5.13. The lowest BCUT2D eigenvalue weighted by Crippen LogP contribution is -2.30. The highest BCUT2D eigenvalue weighted by molar-refractivity contribution is 6.17. The van der Waals surface area contributed by atoms with E-state index in [1.165, 1.54) is 7.11 Å². The normalized spacial score (nSPS) is 16.4. The molecule has 0 atom stereocenters. The Morgan fingerprint density at radius 3 is 2.61 bits per heavy atom. The van der Waals surface area contributed by atoms with Crippen LogP contribution in [-0.4, -0.2) is 24.9 Å². The highest BCUT2D eigenvalue weighted by Gasteiger charge is 2.23. The molecule has 2 N–H and O–H groups in total. The minimum atomic E-state index is -0.681. The van der Waals surface area contributed by atoms with Crippen LogP contribution < -0.4 is 10.6 Å². The number of fused-ring (bicyclic) bond motifs is 1. The quantitative estimate of drug-likeness (QED) is 0.426. The zero-order valence-electron chi connectivity index (χ0n) is 9.52. The summed E-state index contributed by atoms with van der Waals surface area (Å²) < 4.78 is 4.44. The van der Waals surface area contributed by atoms with Crippen LogP contribution in [0.3, 0.4) is 0 Å². The monoisotopic (exact) mass is 246 g/mol. The molecule has 0 saturated heterocycles. The van der Waals surface area contributed by atoms with Crippen LogP contribution in [-0.2, 0) is 14.3 Å². The van der Waals surface area contributed by atoms with Crippen molar-refractivity contribution in [3.05, 3.63) is 41.6 Å². The molecule has 1 aromatic carbocycles. The second-order valence-corrected chi connectivity index (χ2v) is 3.54. The molecule has 0 saturated carbocycles. The smallest absolute Gasteiger partial charge is 0.332 e. The highest BCUT2D eigenvalue weighted by atomic mass is 16.5. The molecule has 0 aromatic heterocycles. The molecule has 1 aromatic rings. The summed E-state index contributed by atoms with van der Waals surface area (Å²) in [5.41, 5.74) is 0.746. The van der Waals surface area contributed by atoms with E-state index in [9.17, 15) is 14.4 Å². The molecule has 92 valence electrons. The molecule has 0 bridgehead atoms. The molecule has 1 heterocycles. The van der Waals surface area contributed by atoms with Crippen molar-refractivity contribution < 1.29 is 19.1 Å². The number of amides is 2. The van der Waals surface area contributed by atoms with E-state index >= 15 is 0 Å². The second-order valence-electron chi connectivity index (χ2n) is 3.54. The molecular weight excluding hydrogens is 236 g/mol. The van der Waals surface area contributed by atoms with Crippen LogP contribution in [0.2, 0.25) is 0 Å². The summed E-state index contributed by atoms with van der Waals surface area (Å²) in [6.45, 7) is 0. The van der Waals surface area contributed by atoms with Gasteiger partial charge in [0, 0.05) is 0 Å². The first-order chi connectivity index (χ1) is 8.61. The fraction of sp³-hybridized carbons (Fsp3) is 0.0833. The Morgan fingerprint density at radius 1 is 1.17 bits per heavy atom. The first-order valence-electron chi connectivity index (χ1n) is 5.13. The minimum absolute atomic E-state index is 0.0415. The number of benzene rings is 1. The highest BCUT2D eigenvalue weighted by Crippen LogP contribution is 2.19. The number of ether oxygens (including phenoxy) is 1. The first kappa shape index (κ1) is 11.8. The van der Waals surface area contributed by atoms with Gasteiger partial charge in [-0.3, -0.25) is 14.9 Å². The molecule has 2 rings (SSSR count). The number of esters is 1. The topological polar surface area (TPSA) is 84.5 Å². The van der Waals surface area contributed by atoms with Crippen molar-refractivity contribution in [1.82, 2.24) is 5.32 Å². The van der Waals surface area contributed by atoms with E-state index in [-0.39, 0.29) is 5.70 Å². The molecule has 0 unspecified atom stereocenters. The van der Waals surface area contributed by atoms with Crippen molar-refractivity contribution in [2.75, 3.05) is 12.4 Å². The van der Waals surface area contributed by atoms with Crippen molar-refractivity contribution in [2.45, 2.75) is 0 Å². The van der Waals surface area contributed by atoms with Crippen LogP contribution >= 0.6 is 0 Å². The fourth-order valence-corrected chi connectivity index (χ4v) is 1.51. The van der Waals surface area contributed by atoms with Crippen molar-refractivity contribution in [1.29, 1.82) is 0 Å². The standard InChI is InChI=1S/C12H10N2O4/c1-18-10(15)6-9-12(17)14-11(16)7-4-2-3-5-8(7)13-9/h2-6,13H,1H3,(H,14,16,17)/b9-6+. The molecule has 0 aliphatic carbocycles. The fourth-order valence-electron chi connectivity index (χ4n) is 1.51. The second kappa shape index (κ2) is 4.70. The number of rotatable bonds is 1. The summed E-state index contributed by atoms with van der Waals surface area (Å²) in [6, 6.07) is 6.61. The van der Waals surface area contributed by atoms with Gasteiger partial charge >= 0.3 is 5.97 Å². The number of methoxy groups -OCH3 is 1. The summed E-state index contributed by atoms with van der Waals surface area (Å²) in [6.07, 6.45) is 0.991. The Balaban J connectivity index is 2.43. The zero-order valence-corrected chi connectivity index (χ0v) is 9.52. The number of carbonyl (C=O) groups excluding carboxylic acids is 3. The number of para-hydroxylation sites is 1. The number of hydrogen-bond acceptors (Lipinski definition) is 5. The van der Waals surface area contributed by atoms with Gasteiger partial charge in [-0.15, -0.1) is 0 Å². The lowest BCUT2D eigenvalue weighted by molar-refractivity contribution is -0.135. The van der Waals surface area contributed by atoms with Crippen molar-refractivity contribution >= 4 is 23.5 Å². The largest absolute Gasteiger partial charge is 0.466 e. The van der Waals surface area contributed by atoms with Crippen LogP contribution in [0.15, 0.2) is 36.0 Å². The lowest BCUT2D eigenvalue weighted by Gasteiger charge is -2.06. The maximum absolute atomic E-state index is 11.7. The molecular formula is C12H10N2O4. The average molecular weight is 246 g/mol. The van der Waals surface area contributed by atoms with Gasteiger partial charge in [0.2, 0.25) is 0 Å². The van der Waals surface area contributed by atoms with Gasteiger partial charge in [0.1, 0.15) is 5.70 Å². The maximum atomic E-state index is 11.7. The van der Waals surface area contributed by atoms with Crippen LogP contribution in [0.5, 0.6) is 0 Å².